The molecule has 146 valence electrons. The van der Waals surface area contributed by atoms with E-state index in [4.69, 9.17) is 10.5 Å². The lowest BCUT2D eigenvalue weighted by atomic mass is 9.97. The monoisotopic (exact) mass is 370 g/mol. The number of amides is 1. The Morgan fingerprint density at radius 3 is 2.74 bits per heavy atom. The van der Waals surface area contributed by atoms with E-state index in [0.29, 0.717) is 18.7 Å². The Morgan fingerprint density at radius 1 is 1.48 bits per heavy atom. The van der Waals surface area contributed by atoms with Crippen molar-refractivity contribution in [3.05, 3.63) is 41.1 Å². The van der Waals surface area contributed by atoms with Crippen molar-refractivity contribution in [1.29, 1.82) is 5.26 Å². The largest absolute Gasteiger partial charge is 0.443 e. The lowest BCUT2D eigenvalue weighted by Gasteiger charge is -2.45. The molecule has 1 saturated heterocycles. The Hall–Kier alpha value is -2.52. The number of nitriles is 1. The van der Waals surface area contributed by atoms with Crippen LogP contribution in [0.5, 0.6) is 0 Å². The second-order valence-electron chi connectivity index (χ2n) is 7.87. The minimum absolute atomic E-state index is 0.0197. The van der Waals surface area contributed by atoms with Crippen molar-refractivity contribution < 1.29 is 9.53 Å². The van der Waals surface area contributed by atoms with E-state index in [-0.39, 0.29) is 12.1 Å². The predicted octanol–water partition coefficient (Wildman–Crippen LogP) is 3.41. The third-order valence-corrected chi connectivity index (χ3v) is 4.55. The summed E-state index contributed by atoms with van der Waals surface area (Å²) < 4.78 is 5.54. The van der Waals surface area contributed by atoms with Crippen LogP contribution in [0.15, 0.2) is 30.0 Å². The first-order valence-corrected chi connectivity index (χ1v) is 9.31. The number of ether oxygens (including phenoxy) is 1. The first kappa shape index (κ1) is 20.8. The molecule has 2 N–H and O–H groups in total. The first-order valence-electron chi connectivity index (χ1n) is 9.31. The number of allylic oxidation sites excluding steroid dienone is 1. The van der Waals surface area contributed by atoms with Gasteiger partial charge < -0.3 is 15.4 Å². The molecule has 1 aromatic rings. The van der Waals surface area contributed by atoms with Crippen LogP contribution in [0.3, 0.4) is 0 Å². The second kappa shape index (κ2) is 8.45. The molecule has 6 heteroatoms. The molecule has 0 radical (unpaired) electrons. The van der Waals surface area contributed by atoms with Crippen LogP contribution in [0.2, 0.25) is 0 Å². The fourth-order valence-electron chi connectivity index (χ4n) is 3.28. The smallest absolute Gasteiger partial charge is 0.414 e. The molecule has 1 aromatic carbocycles. The quantitative estimate of drug-likeness (QED) is 0.859. The number of anilines is 1. The highest BCUT2D eigenvalue weighted by atomic mass is 16.6. The van der Waals surface area contributed by atoms with Gasteiger partial charge in [-0.1, -0.05) is 12.1 Å². The molecule has 0 spiro atoms. The fourth-order valence-corrected chi connectivity index (χ4v) is 3.28. The normalized spacial score (nSPS) is 18.0. The predicted molar refractivity (Wildman–Crippen MR) is 107 cm³/mol. The highest BCUT2D eigenvalue weighted by molar-refractivity contribution is 5.73. The number of hydrogen-bond acceptors (Lipinski definition) is 5. The highest BCUT2D eigenvalue weighted by Gasteiger charge is 2.40. The third-order valence-electron chi connectivity index (χ3n) is 4.55. The van der Waals surface area contributed by atoms with Crippen LogP contribution in [0.1, 0.15) is 45.2 Å². The minimum atomic E-state index is -0.533. The van der Waals surface area contributed by atoms with Gasteiger partial charge in [-0.3, -0.25) is 4.90 Å². The van der Waals surface area contributed by atoms with Crippen molar-refractivity contribution >= 4 is 11.8 Å². The lowest BCUT2D eigenvalue weighted by Crippen LogP contribution is -2.55. The zero-order chi connectivity index (χ0) is 20.2. The molecule has 1 aliphatic rings. The number of carbonyl (C=O) groups is 1. The summed E-state index contributed by atoms with van der Waals surface area (Å²) in [5.74, 6) is 0. The average Bonchev–Trinajstić information content (AvgIpc) is 2.56. The van der Waals surface area contributed by atoms with Gasteiger partial charge in [0.2, 0.25) is 0 Å². The molecule has 1 aliphatic heterocycles. The summed E-state index contributed by atoms with van der Waals surface area (Å²) >= 11 is 0. The summed E-state index contributed by atoms with van der Waals surface area (Å²) in [7, 11) is 1.94. The van der Waals surface area contributed by atoms with Crippen LogP contribution >= 0.6 is 0 Å². The van der Waals surface area contributed by atoms with E-state index >= 15 is 0 Å². The van der Waals surface area contributed by atoms with E-state index in [9.17, 15) is 10.1 Å². The second-order valence-corrected chi connectivity index (χ2v) is 7.87. The van der Waals surface area contributed by atoms with Gasteiger partial charge in [-0.15, -0.1) is 0 Å². The molecule has 2 rings (SSSR count). The van der Waals surface area contributed by atoms with Crippen molar-refractivity contribution in [2.24, 2.45) is 5.73 Å². The topological polar surface area (TPSA) is 82.6 Å². The number of hydrogen-bond donors (Lipinski definition) is 1. The van der Waals surface area contributed by atoms with E-state index in [2.05, 4.69) is 6.07 Å². The molecule has 1 unspecified atom stereocenters. The molecule has 0 saturated carbocycles. The molecule has 1 heterocycles. The molecule has 1 fully saturated rings. The third kappa shape index (κ3) is 5.01. The van der Waals surface area contributed by atoms with Crippen LogP contribution in [0.25, 0.3) is 0 Å². The van der Waals surface area contributed by atoms with Gasteiger partial charge in [-0.25, -0.2) is 4.79 Å². The summed E-state index contributed by atoms with van der Waals surface area (Å²) in [6.45, 7) is 8.70. The van der Waals surface area contributed by atoms with E-state index in [0.717, 1.165) is 29.8 Å². The molecule has 1 amide bonds. The van der Waals surface area contributed by atoms with Crippen molar-refractivity contribution in [3.8, 4) is 6.07 Å². The minimum Gasteiger partial charge on any atom is -0.443 e. The van der Waals surface area contributed by atoms with Crippen molar-refractivity contribution in [2.45, 2.75) is 52.2 Å². The van der Waals surface area contributed by atoms with Gasteiger partial charge in [0.25, 0.3) is 0 Å². The van der Waals surface area contributed by atoms with E-state index in [1.807, 2.05) is 63.9 Å². The molecular weight excluding hydrogens is 340 g/mol. The van der Waals surface area contributed by atoms with Crippen LogP contribution in [-0.2, 0) is 11.2 Å². The molecule has 6 nitrogen and oxygen atoms in total. The molecular formula is C21H30N4O2. The van der Waals surface area contributed by atoms with E-state index in [1.165, 1.54) is 0 Å². The molecule has 0 aliphatic carbocycles. The van der Waals surface area contributed by atoms with Gasteiger partial charge in [0.15, 0.2) is 0 Å². The standard InChI is InChI=1S/C21H30N4O2/c1-6-17-12-18(25(17)20(26)27-21(2,3)4)14-24(5)19-8-7-15(9-10-22)11-16(19)13-23/h6-8,11,18H,9-10,12,14,22H2,1-5H3/b17-6+. The van der Waals surface area contributed by atoms with E-state index in [1.54, 1.807) is 4.90 Å². The van der Waals surface area contributed by atoms with Gasteiger partial charge in [0, 0.05) is 25.7 Å². The molecule has 0 bridgehead atoms. The Morgan fingerprint density at radius 2 is 2.19 bits per heavy atom. The Balaban J connectivity index is 2.14. The SMILES string of the molecule is C/C=C1\CC(CN(C)c2ccc(CCN)cc2C#N)N1C(=O)OC(C)(C)C. The van der Waals surface area contributed by atoms with Crippen molar-refractivity contribution in [3.63, 3.8) is 0 Å². The van der Waals surface area contributed by atoms with E-state index < -0.39 is 5.60 Å². The zero-order valence-electron chi connectivity index (χ0n) is 17.0. The van der Waals surface area contributed by atoms with Crippen LogP contribution in [-0.4, -0.2) is 42.8 Å². The number of nitrogens with zero attached hydrogens (tertiary/aromatic N) is 3. The summed E-state index contributed by atoms with van der Waals surface area (Å²) in [4.78, 5) is 16.3. The van der Waals surface area contributed by atoms with Crippen LogP contribution in [0.4, 0.5) is 10.5 Å². The lowest BCUT2D eigenvalue weighted by molar-refractivity contribution is 0.0117. The van der Waals surface area contributed by atoms with Crippen molar-refractivity contribution in [1.82, 2.24) is 4.90 Å². The Bertz CT molecular complexity index is 758. The maximum Gasteiger partial charge on any atom is 0.414 e. The number of likely N-dealkylation sites (tertiary alicyclic amines) is 1. The van der Waals surface area contributed by atoms with Gasteiger partial charge >= 0.3 is 6.09 Å². The summed E-state index contributed by atoms with van der Waals surface area (Å²) in [6.07, 6.45) is 3.19. The average molecular weight is 370 g/mol. The number of nitrogens with two attached hydrogens (primary N) is 1. The number of rotatable bonds is 5. The zero-order valence-corrected chi connectivity index (χ0v) is 17.0. The maximum absolute atomic E-state index is 12.6. The van der Waals surface area contributed by atoms with Crippen LogP contribution < -0.4 is 10.6 Å². The number of benzene rings is 1. The van der Waals surface area contributed by atoms with Gasteiger partial charge in [0.05, 0.1) is 17.3 Å². The molecule has 27 heavy (non-hydrogen) atoms. The Kier molecular flexibility index (Phi) is 6.50. The van der Waals surface area contributed by atoms with Gasteiger partial charge in [0.1, 0.15) is 11.7 Å². The summed E-state index contributed by atoms with van der Waals surface area (Å²) in [5, 5.41) is 9.51. The van der Waals surface area contributed by atoms with Crippen LogP contribution in [0, 0.1) is 11.3 Å². The highest BCUT2D eigenvalue weighted by Crippen LogP contribution is 2.33. The molecule has 1 atom stereocenters. The van der Waals surface area contributed by atoms with Gasteiger partial charge in [-0.2, -0.15) is 5.26 Å². The molecule has 0 aromatic heterocycles. The first-order chi connectivity index (χ1) is 12.7. The number of carbonyl (C=O) groups excluding carboxylic acids is 1. The summed E-state index contributed by atoms with van der Waals surface area (Å²) in [6, 6.07) is 8.14. The van der Waals surface area contributed by atoms with Gasteiger partial charge in [-0.05, 0) is 58.4 Å². The van der Waals surface area contributed by atoms with Crippen molar-refractivity contribution in [2.75, 3.05) is 25.0 Å². The summed E-state index contributed by atoms with van der Waals surface area (Å²) in [5.41, 5.74) is 8.59. The fraction of sp³-hybridized carbons (Fsp3) is 0.524. The Labute approximate surface area is 162 Å². The maximum atomic E-state index is 12.6. The number of likely N-dealkylation sites (N-methyl/N-ethyl adjacent to an activating group) is 1.